The van der Waals surface area contributed by atoms with Gasteiger partial charge in [-0.1, -0.05) is 12.1 Å². The van der Waals surface area contributed by atoms with Crippen molar-refractivity contribution in [3.05, 3.63) is 34.6 Å². The summed E-state index contributed by atoms with van der Waals surface area (Å²) >= 11 is 0. The van der Waals surface area contributed by atoms with Gasteiger partial charge in [0.05, 0.1) is 0 Å². The van der Waals surface area contributed by atoms with E-state index in [1.54, 1.807) is 18.7 Å². The van der Waals surface area contributed by atoms with E-state index in [-0.39, 0.29) is 11.8 Å². The molecule has 1 aromatic rings. The zero-order valence-electron chi connectivity index (χ0n) is 12.1. The monoisotopic (exact) mass is 279 g/mol. The highest BCUT2D eigenvalue weighted by Crippen LogP contribution is 2.16. The van der Waals surface area contributed by atoms with Crippen LogP contribution in [0.5, 0.6) is 0 Å². The fraction of sp³-hybridized carbons (Fsp3) is 0.533. The molecule has 2 rings (SSSR count). The van der Waals surface area contributed by atoms with Crippen LogP contribution in [0.1, 0.15) is 29.5 Å². The quantitative estimate of drug-likeness (QED) is 0.890. The average molecular weight is 279 g/mol. The molecule has 1 aliphatic rings. The number of carbonyl (C=O) groups is 1. The maximum absolute atomic E-state index is 13.6. The highest BCUT2D eigenvalue weighted by Gasteiger charge is 2.20. The summed E-state index contributed by atoms with van der Waals surface area (Å²) in [5.74, 6) is -0.122. The van der Waals surface area contributed by atoms with Crippen LogP contribution < -0.4 is 11.1 Å². The zero-order valence-corrected chi connectivity index (χ0v) is 12.1. The van der Waals surface area contributed by atoms with Gasteiger partial charge in [-0.2, -0.15) is 0 Å². The number of primary amides is 1. The third-order valence-corrected chi connectivity index (χ3v) is 3.90. The molecular weight excluding hydrogens is 257 g/mol. The van der Waals surface area contributed by atoms with Crippen molar-refractivity contribution in [2.75, 3.05) is 13.1 Å². The number of aryl methyl sites for hydroxylation is 2. The Kier molecular flexibility index (Phi) is 4.60. The van der Waals surface area contributed by atoms with E-state index in [1.165, 1.54) is 0 Å². The smallest absolute Gasteiger partial charge is 0.314 e. The number of nitrogens with zero attached hydrogens (tertiary/aromatic N) is 1. The van der Waals surface area contributed by atoms with Crippen LogP contribution in [0.2, 0.25) is 0 Å². The van der Waals surface area contributed by atoms with Gasteiger partial charge in [-0.25, -0.2) is 9.18 Å². The minimum absolute atomic E-state index is 0.122. The molecule has 0 radical (unpaired) electrons. The van der Waals surface area contributed by atoms with Crippen LogP contribution >= 0.6 is 0 Å². The molecule has 20 heavy (non-hydrogen) atoms. The number of nitrogens with one attached hydrogen (secondary N) is 1. The molecular formula is C15H22FN3O. The maximum atomic E-state index is 13.6. The fourth-order valence-corrected chi connectivity index (χ4v) is 2.70. The summed E-state index contributed by atoms with van der Waals surface area (Å²) < 4.78 is 13.6. The second-order valence-corrected chi connectivity index (χ2v) is 5.52. The molecule has 110 valence electrons. The number of likely N-dealkylation sites (tertiary alicyclic amines) is 1. The summed E-state index contributed by atoms with van der Waals surface area (Å²) in [5.41, 5.74) is 7.72. The van der Waals surface area contributed by atoms with E-state index < -0.39 is 0 Å². The summed E-state index contributed by atoms with van der Waals surface area (Å²) in [6.07, 6.45) is 1.81. The van der Waals surface area contributed by atoms with Crippen LogP contribution in [0.25, 0.3) is 0 Å². The van der Waals surface area contributed by atoms with E-state index >= 15 is 0 Å². The Bertz CT molecular complexity index is 473. The molecule has 3 N–H and O–H groups in total. The van der Waals surface area contributed by atoms with E-state index in [2.05, 4.69) is 5.32 Å². The molecule has 0 bridgehead atoms. The summed E-state index contributed by atoms with van der Waals surface area (Å²) in [7, 11) is 0. The van der Waals surface area contributed by atoms with Gasteiger partial charge in [-0.3, -0.25) is 0 Å². The topological polar surface area (TPSA) is 58.4 Å². The van der Waals surface area contributed by atoms with E-state index in [0.717, 1.165) is 24.9 Å². The predicted octanol–water partition coefficient (Wildman–Crippen LogP) is 2.08. The van der Waals surface area contributed by atoms with Gasteiger partial charge in [0.25, 0.3) is 0 Å². The Labute approximate surface area is 119 Å². The number of amides is 2. The standard InChI is InChI=1S/C15H22FN3O/c1-10-7-12(8-11(2)14(10)16)9-18-13-3-5-19(6-4-13)15(17)20/h7-8,13,18H,3-6,9H2,1-2H3,(H2,17,20). The lowest BCUT2D eigenvalue weighted by atomic mass is 10.0. The Morgan fingerprint density at radius 1 is 1.35 bits per heavy atom. The molecule has 4 nitrogen and oxygen atoms in total. The Balaban J connectivity index is 1.86. The third kappa shape index (κ3) is 3.48. The number of benzene rings is 1. The lowest BCUT2D eigenvalue weighted by Crippen LogP contribution is -2.46. The number of nitrogens with two attached hydrogens (primary N) is 1. The lowest BCUT2D eigenvalue weighted by molar-refractivity contribution is 0.185. The van der Waals surface area contributed by atoms with Crippen molar-refractivity contribution in [1.82, 2.24) is 10.2 Å². The summed E-state index contributed by atoms with van der Waals surface area (Å²) in [6, 6.07) is 3.81. The number of hydrogen-bond donors (Lipinski definition) is 2. The van der Waals surface area contributed by atoms with Gasteiger partial charge in [-0.05, 0) is 43.4 Å². The van der Waals surface area contributed by atoms with E-state index in [1.807, 2.05) is 12.1 Å². The average Bonchev–Trinajstić information content (AvgIpc) is 2.42. The summed E-state index contributed by atoms with van der Waals surface area (Å²) in [6.45, 7) is 5.71. The van der Waals surface area contributed by atoms with Crippen molar-refractivity contribution in [2.45, 2.75) is 39.3 Å². The van der Waals surface area contributed by atoms with E-state index in [0.29, 0.717) is 30.3 Å². The van der Waals surface area contributed by atoms with Crippen LogP contribution in [0.15, 0.2) is 12.1 Å². The lowest BCUT2D eigenvalue weighted by Gasteiger charge is -2.31. The molecule has 0 saturated carbocycles. The van der Waals surface area contributed by atoms with Gasteiger partial charge in [0, 0.05) is 25.7 Å². The predicted molar refractivity (Wildman–Crippen MR) is 76.9 cm³/mol. The van der Waals surface area contributed by atoms with Gasteiger partial charge in [-0.15, -0.1) is 0 Å². The first-order valence-electron chi connectivity index (χ1n) is 7.00. The minimum Gasteiger partial charge on any atom is -0.351 e. The molecule has 1 aromatic carbocycles. The van der Waals surface area contributed by atoms with Crippen molar-refractivity contribution < 1.29 is 9.18 Å². The number of hydrogen-bond acceptors (Lipinski definition) is 2. The highest BCUT2D eigenvalue weighted by atomic mass is 19.1. The zero-order chi connectivity index (χ0) is 14.7. The number of urea groups is 1. The number of rotatable bonds is 3. The third-order valence-electron chi connectivity index (χ3n) is 3.90. The SMILES string of the molecule is Cc1cc(CNC2CCN(C(N)=O)CC2)cc(C)c1F. The minimum atomic E-state index is -0.340. The second-order valence-electron chi connectivity index (χ2n) is 5.52. The Hall–Kier alpha value is -1.62. The maximum Gasteiger partial charge on any atom is 0.314 e. The molecule has 2 amide bonds. The first-order chi connectivity index (χ1) is 9.47. The number of carbonyl (C=O) groups excluding carboxylic acids is 1. The van der Waals surface area contributed by atoms with Gasteiger partial charge >= 0.3 is 6.03 Å². The van der Waals surface area contributed by atoms with E-state index in [4.69, 9.17) is 5.73 Å². The Morgan fingerprint density at radius 2 is 1.90 bits per heavy atom. The molecule has 5 heteroatoms. The molecule has 0 aromatic heterocycles. The van der Waals surface area contributed by atoms with Gasteiger partial charge < -0.3 is 16.0 Å². The fourth-order valence-electron chi connectivity index (χ4n) is 2.70. The first kappa shape index (κ1) is 14.8. The first-order valence-corrected chi connectivity index (χ1v) is 7.00. The van der Waals surface area contributed by atoms with Crippen LogP contribution in [0.4, 0.5) is 9.18 Å². The molecule has 0 unspecified atom stereocenters. The summed E-state index contributed by atoms with van der Waals surface area (Å²) in [4.78, 5) is 12.7. The summed E-state index contributed by atoms with van der Waals surface area (Å²) in [5, 5.41) is 3.47. The number of piperidine rings is 1. The largest absolute Gasteiger partial charge is 0.351 e. The van der Waals surface area contributed by atoms with E-state index in [9.17, 15) is 9.18 Å². The van der Waals surface area contributed by atoms with Gasteiger partial charge in [0.2, 0.25) is 0 Å². The molecule has 0 atom stereocenters. The van der Waals surface area contributed by atoms with Crippen molar-refractivity contribution in [3.63, 3.8) is 0 Å². The molecule has 0 aliphatic carbocycles. The normalized spacial score (nSPS) is 16.4. The van der Waals surface area contributed by atoms with Crippen LogP contribution in [0, 0.1) is 19.7 Å². The van der Waals surface area contributed by atoms with Gasteiger partial charge in [0.15, 0.2) is 0 Å². The van der Waals surface area contributed by atoms with Gasteiger partial charge in [0.1, 0.15) is 5.82 Å². The molecule has 1 heterocycles. The molecule has 1 aliphatic heterocycles. The van der Waals surface area contributed by atoms with Crippen LogP contribution in [-0.4, -0.2) is 30.1 Å². The molecule has 0 spiro atoms. The van der Waals surface area contributed by atoms with Crippen molar-refractivity contribution in [1.29, 1.82) is 0 Å². The van der Waals surface area contributed by atoms with Crippen molar-refractivity contribution >= 4 is 6.03 Å². The second kappa shape index (κ2) is 6.22. The highest BCUT2D eigenvalue weighted by molar-refractivity contribution is 5.72. The van der Waals surface area contributed by atoms with Crippen molar-refractivity contribution in [2.24, 2.45) is 5.73 Å². The van der Waals surface area contributed by atoms with Crippen molar-refractivity contribution in [3.8, 4) is 0 Å². The molecule has 1 saturated heterocycles. The molecule has 1 fully saturated rings. The Morgan fingerprint density at radius 3 is 2.40 bits per heavy atom. The van der Waals surface area contributed by atoms with Crippen LogP contribution in [-0.2, 0) is 6.54 Å². The van der Waals surface area contributed by atoms with Crippen LogP contribution in [0.3, 0.4) is 0 Å². The number of halogens is 1.